The van der Waals surface area contributed by atoms with Gasteiger partial charge in [-0.3, -0.25) is 0 Å². The van der Waals surface area contributed by atoms with Crippen LogP contribution >= 0.6 is 0 Å². The van der Waals surface area contributed by atoms with Crippen molar-refractivity contribution < 1.29 is 9.62 Å². The zero-order valence-corrected chi connectivity index (χ0v) is 6.27. The molecule has 0 saturated heterocycles. The normalized spacial score (nSPS) is 11.3. The van der Waals surface area contributed by atoms with Gasteiger partial charge in [0.15, 0.2) is 0 Å². The van der Waals surface area contributed by atoms with Crippen LogP contribution in [0.2, 0.25) is 0 Å². The fourth-order valence-electron chi connectivity index (χ4n) is 1.19. The van der Waals surface area contributed by atoms with Crippen LogP contribution in [0.3, 0.4) is 0 Å². The first-order valence-corrected chi connectivity index (χ1v) is 3.54. The predicted octanol–water partition coefficient (Wildman–Crippen LogP) is 2.24. The zero-order valence-electron chi connectivity index (χ0n) is 6.27. The second-order valence-corrected chi connectivity index (χ2v) is 2.47. The van der Waals surface area contributed by atoms with E-state index < -0.39 is 0 Å². The number of hydrogen-bond donors (Lipinski definition) is 1. The number of fused-ring (bicyclic) bond motifs is 1. The molecule has 0 bridgehead atoms. The van der Waals surface area contributed by atoms with E-state index in [1.54, 1.807) is 12.5 Å². The number of hydrogen-bond acceptors (Lipinski definition) is 3. The lowest BCUT2D eigenvalue weighted by Crippen LogP contribution is -1.80. The van der Waals surface area contributed by atoms with Crippen molar-refractivity contribution in [1.29, 1.82) is 0 Å². The second-order valence-electron chi connectivity index (χ2n) is 2.47. The summed E-state index contributed by atoms with van der Waals surface area (Å²) in [6, 6.07) is 5.68. The average Bonchev–Trinajstić information content (AvgIpc) is 2.53. The van der Waals surface area contributed by atoms with Gasteiger partial charge in [-0.25, -0.2) is 0 Å². The minimum Gasteiger partial charge on any atom is -0.471 e. The van der Waals surface area contributed by atoms with Crippen LogP contribution in [0.4, 0.5) is 0 Å². The highest BCUT2D eigenvalue weighted by atomic mass is 16.4. The molecule has 0 spiro atoms. The van der Waals surface area contributed by atoms with Gasteiger partial charge < -0.3 is 9.62 Å². The van der Waals surface area contributed by atoms with E-state index in [1.807, 2.05) is 18.2 Å². The molecule has 60 valence electrons. The SMILES string of the molecule is ON=Cc1cccc2cocc12. The summed E-state index contributed by atoms with van der Waals surface area (Å²) in [6.45, 7) is 0. The second kappa shape index (κ2) is 2.70. The Bertz CT molecular complexity index is 417. The average molecular weight is 161 g/mol. The van der Waals surface area contributed by atoms with Crippen molar-refractivity contribution in [3.8, 4) is 0 Å². The minimum atomic E-state index is 0.851. The van der Waals surface area contributed by atoms with E-state index in [0.717, 1.165) is 16.3 Å². The monoisotopic (exact) mass is 161 g/mol. The maximum absolute atomic E-state index is 8.36. The first-order chi connectivity index (χ1) is 5.92. The third kappa shape index (κ3) is 0.955. The van der Waals surface area contributed by atoms with Gasteiger partial charge in [-0.15, -0.1) is 0 Å². The number of rotatable bonds is 1. The molecular formula is C9H7NO2. The van der Waals surface area contributed by atoms with Gasteiger partial charge in [-0.1, -0.05) is 23.4 Å². The molecule has 0 aliphatic heterocycles. The molecule has 0 aliphatic rings. The zero-order chi connectivity index (χ0) is 8.39. The lowest BCUT2D eigenvalue weighted by molar-refractivity contribution is 0.322. The fourth-order valence-corrected chi connectivity index (χ4v) is 1.19. The molecule has 1 heterocycles. The quantitative estimate of drug-likeness (QED) is 0.396. The summed E-state index contributed by atoms with van der Waals surface area (Å²) >= 11 is 0. The topological polar surface area (TPSA) is 45.7 Å². The van der Waals surface area contributed by atoms with Crippen LogP contribution in [-0.2, 0) is 0 Å². The predicted molar refractivity (Wildman–Crippen MR) is 45.6 cm³/mol. The molecule has 0 radical (unpaired) electrons. The molecule has 1 N–H and O–H groups in total. The van der Waals surface area contributed by atoms with E-state index in [4.69, 9.17) is 9.62 Å². The Hall–Kier alpha value is -1.77. The van der Waals surface area contributed by atoms with Crippen LogP contribution < -0.4 is 0 Å². The first kappa shape index (κ1) is 6.91. The third-order valence-electron chi connectivity index (χ3n) is 1.75. The van der Waals surface area contributed by atoms with Crippen molar-refractivity contribution >= 4 is 17.0 Å². The van der Waals surface area contributed by atoms with Gasteiger partial charge in [0, 0.05) is 16.3 Å². The number of furan rings is 1. The first-order valence-electron chi connectivity index (χ1n) is 3.54. The number of oxime groups is 1. The lowest BCUT2D eigenvalue weighted by atomic mass is 10.1. The molecule has 0 amide bonds. The Balaban J connectivity index is 2.73. The van der Waals surface area contributed by atoms with Crippen molar-refractivity contribution in [2.75, 3.05) is 0 Å². The van der Waals surface area contributed by atoms with Crippen LogP contribution in [0.5, 0.6) is 0 Å². The molecule has 1 aromatic heterocycles. The molecule has 2 aromatic rings. The summed E-state index contributed by atoms with van der Waals surface area (Å²) in [4.78, 5) is 0. The molecule has 3 nitrogen and oxygen atoms in total. The van der Waals surface area contributed by atoms with Crippen molar-refractivity contribution in [3.05, 3.63) is 36.3 Å². The molecule has 12 heavy (non-hydrogen) atoms. The van der Waals surface area contributed by atoms with E-state index in [1.165, 1.54) is 6.21 Å². The van der Waals surface area contributed by atoms with Gasteiger partial charge in [0.25, 0.3) is 0 Å². The molecule has 0 saturated carbocycles. The maximum atomic E-state index is 8.36. The Kier molecular flexibility index (Phi) is 1.55. The standard InChI is InChI=1S/C9H7NO2/c11-10-4-7-2-1-3-8-5-12-6-9(7)8/h1-6,11H. The highest BCUT2D eigenvalue weighted by Crippen LogP contribution is 2.17. The highest BCUT2D eigenvalue weighted by Gasteiger charge is 1.99. The summed E-state index contributed by atoms with van der Waals surface area (Å²) in [5.41, 5.74) is 0.851. The van der Waals surface area contributed by atoms with Crippen LogP contribution in [0.1, 0.15) is 5.56 Å². The molecule has 0 fully saturated rings. The summed E-state index contributed by atoms with van der Waals surface area (Å²) in [5.74, 6) is 0. The third-order valence-corrected chi connectivity index (χ3v) is 1.75. The van der Waals surface area contributed by atoms with Gasteiger partial charge in [0.1, 0.15) is 0 Å². The molecule has 0 unspecified atom stereocenters. The van der Waals surface area contributed by atoms with Crippen molar-refractivity contribution in [3.63, 3.8) is 0 Å². The van der Waals surface area contributed by atoms with Gasteiger partial charge in [0.2, 0.25) is 0 Å². The Morgan fingerprint density at radius 2 is 2.25 bits per heavy atom. The van der Waals surface area contributed by atoms with E-state index in [0.29, 0.717) is 0 Å². The molecule has 0 atom stereocenters. The Morgan fingerprint density at radius 1 is 1.33 bits per heavy atom. The largest absolute Gasteiger partial charge is 0.471 e. The summed E-state index contributed by atoms with van der Waals surface area (Å²) < 4.78 is 5.01. The summed E-state index contributed by atoms with van der Waals surface area (Å²) in [5, 5.41) is 13.3. The molecule has 1 aromatic carbocycles. The van der Waals surface area contributed by atoms with Crippen LogP contribution in [-0.4, -0.2) is 11.4 Å². The maximum Gasteiger partial charge on any atom is 0.0987 e. The molecule has 3 heteroatoms. The smallest absolute Gasteiger partial charge is 0.0987 e. The van der Waals surface area contributed by atoms with Gasteiger partial charge >= 0.3 is 0 Å². The van der Waals surface area contributed by atoms with E-state index in [2.05, 4.69) is 5.16 Å². The lowest BCUT2D eigenvalue weighted by Gasteiger charge is -1.91. The van der Waals surface area contributed by atoms with Crippen molar-refractivity contribution in [1.82, 2.24) is 0 Å². The van der Waals surface area contributed by atoms with Crippen LogP contribution in [0.15, 0.2) is 40.3 Å². The van der Waals surface area contributed by atoms with Crippen molar-refractivity contribution in [2.45, 2.75) is 0 Å². The molecule has 0 aliphatic carbocycles. The van der Waals surface area contributed by atoms with Gasteiger partial charge in [-0.2, -0.15) is 0 Å². The van der Waals surface area contributed by atoms with E-state index in [9.17, 15) is 0 Å². The molecule has 2 rings (SSSR count). The minimum absolute atomic E-state index is 0.851. The van der Waals surface area contributed by atoms with Crippen LogP contribution in [0.25, 0.3) is 10.8 Å². The summed E-state index contributed by atoms with van der Waals surface area (Å²) in [6.07, 6.45) is 4.67. The highest BCUT2D eigenvalue weighted by molar-refractivity contribution is 5.98. The number of nitrogens with zero attached hydrogens (tertiary/aromatic N) is 1. The number of benzene rings is 1. The van der Waals surface area contributed by atoms with Gasteiger partial charge in [-0.05, 0) is 0 Å². The summed E-state index contributed by atoms with van der Waals surface area (Å²) in [7, 11) is 0. The Morgan fingerprint density at radius 3 is 3.08 bits per heavy atom. The van der Waals surface area contributed by atoms with Crippen molar-refractivity contribution in [2.24, 2.45) is 5.16 Å². The van der Waals surface area contributed by atoms with Crippen LogP contribution in [0, 0.1) is 0 Å². The van der Waals surface area contributed by atoms with E-state index >= 15 is 0 Å². The van der Waals surface area contributed by atoms with E-state index in [-0.39, 0.29) is 0 Å². The Labute approximate surface area is 68.9 Å². The van der Waals surface area contributed by atoms with Gasteiger partial charge in [0.05, 0.1) is 18.7 Å². The fraction of sp³-hybridized carbons (Fsp3) is 0. The molecular weight excluding hydrogens is 154 g/mol.